The van der Waals surface area contributed by atoms with Crippen molar-refractivity contribution in [1.29, 1.82) is 0 Å². The molecule has 0 aliphatic heterocycles. The van der Waals surface area contributed by atoms with Crippen molar-refractivity contribution in [3.63, 3.8) is 0 Å². The van der Waals surface area contributed by atoms with Crippen LogP contribution in [0.2, 0.25) is 0 Å². The van der Waals surface area contributed by atoms with E-state index >= 15 is 0 Å². The van der Waals surface area contributed by atoms with Gasteiger partial charge in [0, 0.05) is 17.7 Å². The maximum absolute atomic E-state index is 12.8. The Kier molecular flexibility index (Phi) is 5.98. The molecule has 1 atom stereocenters. The summed E-state index contributed by atoms with van der Waals surface area (Å²) in [6.45, 7) is 0.421. The van der Waals surface area contributed by atoms with Gasteiger partial charge in [0.15, 0.2) is 11.5 Å². The summed E-state index contributed by atoms with van der Waals surface area (Å²) in [4.78, 5) is 13.3. The highest BCUT2D eigenvalue weighted by molar-refractivity contribution is 5.92. The maximum Gasteiger partial charge on any atom is 0.406 e. The summed E-state index contributed by atoms with van der Waals surface area (Å²) in [6.07, 6.45) is -0.110. The number of hydrogen-bond acceptors (Lipinski definition) is 3. The Morgan fingerprint density at radius 1 is 1.32 bits per heavy atom. The lowest BCUT2D eigenvalue weighted by molar-refractivity contribution is -0.162. The Bertz CT molecular complexity index is 639. The summed E-state index contributed by atoms with van der Waals surface area (Å²) in [5.41, 5.74) is 0.557. The number of rotatable bonds is 7. The summed E-state index contributed by atoms with van der Waals surface area (Å²) in [7, 11) is 2.95. The normalized spacial score (nSPS) is 15.9. The van der Waals surface area contributed by atoms with Crippen molar-refractivity contribution in [3.05, 3.63) is 29.8 Å². The predicted octanol–water partition coefficient (Wildman–Crippen LogP) is 3.91. The molecule has 2 rings (SSSR count). The van der Waals surface area contributed by atoms with Crippen molar-refractivity contribution in [2.24, 2.45) is 5.92 Å². The van der Waals surface area contributed by atoms with Crippen LogP contribution in [0, 0.1) is 5.92 Å². The Morgan fingerprint density at radius 2 is 2.00 bits per heavy atom. The third-order valence-electron chi connectivity index (χ3n) is 4.27. The molecular weight excluding hydrogens is 335 g/mol. The van der Waals surface area contributed by atoms with Crippen LogP contribution in [0.5, 0.6) is 11.5 Å². The summed E-state index contributed by atoms with van der Waals surface area (Å²) in [6, 6.07) is 4.67. The molecule has 0 N–H and O–H groups in total. The zero-order valence-corrected chi connectivity index (χ0v) is 14.5. The van der Waals surface area contributed by atoms with Gasteiger partial charge in [0.2, 0.25) is 5.91 Å². The van der Waals surface area contributed by atoms with Crippen LogP contribution in [0.25, 0.3) is 6.08 Å². The molecule has 1 saturated carbocycles. The standard InChI is InChI=1S/C18H22F3NO3/c1-12(13-7-8-13)22(11-18(19,20)21)16(23)10-9-14-5-4-6-15(24-2)17(14)25-3/h4-6,9-10,12-13H,7-8,11H2,1-3H3/b10-9+. The summed E-state index contributed by atoms with van der Waals surface area (Å²) in [5.74, 6) is 0.384. The number of benzene rings is 1. The summed E-state index contributed by atoms with van der Waals surface area (Å²) in [5, 5.41) is 0. The molecule has 0 saturated heterocycles. The minimum absolute atomic E-state index is 0.144. The molecule has 1 aliphatic carbocycles. The van der Waals surface area contributed by atoms with Crippen LogP contribution in [0.1, 0.15) is 25.3 Å². The number of amides is 1. The predicted molar refractivity (Wildman–Crippen MR) is 88.5 cm³/mol. The lowest BCUT2D eigenvalue weighted by Crippen LogP contribution is -2.44. The highest BCUT2D eigenvalue weighted by Crippen LogP contribution is 2.36. The molecule has 1 amide bonds. The van der Waals surface area contributed by atoms with Crippen molar-refractivity contribution in [2.75, 3.05) is 20.8 Å². The molecule has 25 heavy (non-hydrogen) atoms. The van der Waals surface area contributed by atoms with E-state index < -0.39 is 24.7 Å². The van der Waals surface area contributed by atoms with Crippen LogP contribution in [0.3, 0.4) is 0 Å². The zero-order valence-electron chi connectivity index (χ0n) is 14.5. The Labute approximate surface area is 145 Å². The lowest BCUT2D eigenvalue weighted by Gasteiger charge is -2.29. The lowest BCUT2D eigenvalue weighted by atomic mass is 10.1. The highest BCUT2D eigenvalue weighted by atomic mass is 19.4. The largest absolute Gasteiger partial charge is 0.493 e. The number of para-hydroxylation sites is 1. The van der Waals surface area contributed by atoms with Gasteiger partial charge in [-0.15, -0.1) is 0 Å². The second kappa shape index (κ2) is 7.80. The van der Waals surface area contributed by atoms with Gasteiger partial charge in [-0.05, 0) is 37.8 Å². The van der Waals surface area contributed by atoms with E-state index in [4.69, 9.17) is 9.47 Å². The summed E-state index contributed by atoms with van der Waals surface area (Å²) >= 11 is 0. The first kappa shape index (κ1) is 19.1. The van der Waals surface area contributed by atoms with Gasteiger partial charge in [0.1, 0.15) is 6.54 Å². The molecule has 1 fully saturated rings. The quantitative estimate of drug-likeness (QED) is 0.695. The van der Waals surface area contributed by atoms with Gasteiger partial charge in [-0.3, -0.25) is 4.79 Å². The van der Waals surface area contributed by atoms with Gasteiger partial charge in [-0.2, -0.15) is 13.2 Å². The van der Waals surface area contributed by atoms with E-state index in [0.717, 1.165) is 23.8 Å². The van der Waals surface area contributed by atoms with E-state index in [1.54, 1.807) is 25.1 Å². The minimum Gasteiger partial charge on any atom is -0.493 e. The van der Waals surface area contributed by atoms with E-state index in [2.05, 4.69) is 0 Å². The average molecular weight is 357 g/mol. The number of carbonyl (C=O) groups excluding carboxylic acids is 1. The summed E-state index contributed by atoms with van der Waals surface area (Å²) < 4.78 is 48.9. The number of halogens is 3. The van der Waals surface area contributed by atoms with Gasteiger partial charge in [0.05, 0.1) is 14.2 Å². The van der Waals surface area contributed by atoms with Crippen molar-refractivity contribution in [3.8, 4) is 11.5 Å². The number of ether oxygens (including phenoxy) is 2. The topological polar surface area (TPSA) is 38.8 Å². The number of nitrogens with zero attached hydrogens (tertiary/aromatic N) is 1. The van der Waals surface area contributed by atoms with Gasteiger partial charge < -0.3 is 14.4 Å². The third-order valence-corrected chi connectivity index (χ3v) is 4.27. The Hall–Kier alpha value is -2.18. The highest BCUT2D eigenvalue weighted by Gasteiger charge is 2.39. The fourth-order valence-electron chi connectivity index (χ4n) is 2.75. The van der Waals surface area contributed by atoms with Crippen LogP contribution >= 0.6 is 0 Å². The second-order valence-electron chi connectivity index (χ2n) is 6.08. The van der Waals surface area contributed by atoms with Crippen molar-refractivity contribution in [2.45, 2.75) is 32.0 Å². The van der Waals surface area contributed by atoms with E-state index in [0.29, 0.717) is 17.1 Å². The Morgan fingerprint density at radius 3 is 2.52 bits per heavy atom. The smallest absolute Gasteiger partial charge is 0.406 e. The van der Waals surface area contributed by atoms with Gasteiger partial charge >= 0.3 is 6.18 Å². The van der Waals surface area contributed by atoms with Crippen LogP contribution in [-0.4, -0.2) is 43.8 Å². The molecule has 1 unspecified atom stereocenters. The Balaban J connectivity index is 2.21. The molecule has 0 bridgehead atoms. The SMILES string of the molecule is COc1cccc(/C=C/C(=O)N(CC(F)(F)F)C(C)C2CC2)c1OC. The number of hydrogen-bond donors (Lipinski definition) is 0. The molecular formula is C18H22F3NO3. The molecule has 1 aromatic rings. The van der Waals surface area contributed by atoms with Crippen LogP contribution in [0.4, 0.5) is 13.2 Å². The molecule has 0 aromatic heterocycles. The first-order valence-corrected chi connectivity index (χ1v) is 8.03. The molecule has 1 aliphatic rings. The fraction of sp³-hybridized carbons (Fsp3) is 0.500. The first-order valence-electron chi connectivity index (χ1n) is 8.03. The number of carbonyl (C=O) groups is 1. The molecule has 0 radical (unpaired) electrons. The minimum atomic E-state index is -4.43. The molecule has 7 heteroatoms. The number of alkyl halides is 3. The second-order valence-corrected chi connectivity index (χ2v) is 6.08. The monoisotopic (exact) mass is 357 g/mol. The average Bonchev–Trinajstić information content (AvgIpc) is 3.40. The van der Waals surface area contributed by atoms with Gasteiger partial charge in [0.25, 0.3) is 0 Å². The van der Waals surface area contributed by atoms with Crippen LogP contribution in [-0.2, 0) is 4.79 Å². The maximum atomic E-state index is 12.8. The zero-order chi connectivity index (χ0) is 18.6. The number of methoxy groups -OCH3 is 2. The molecule has 138 valence electrons. The fourth-order valence-corrected chi connectivity index (χ4v) is 2.75. The van der Waals surface area contributed by atoms with E-state index in [1.165, 1.54) is 20.3 Å². The third kappa shape index (κ3) is 5.14. The van der Waals surface area contributed by atoms with Crippen LogP contribution < -0.4 is 9.47 Å². The first-order chi connectivity index (χ1) is 11.8. The van der Waals surface area contributed by atoms with E-state index in [9.17, 15) is 18.0 Å². The molecule has 0 heterocycles. The van der Waals surface area contributed by atoms with E-state index in [1.807, 2.05) is 0 Å². The van der Waals surface area contributed by atoms with Crippen molar-refractivity contribution < 1.29 is 27.4 Å². The van der Waals surface area contributed by atoms with Crippen LogP contribution in [0.15, 0.2) is 24.3 Å². The molecule has 0 spiro atoms. The van der Waals surface area contributed by atoms with Crippen molar-refractivity contribution in [1.82, 2.24) is 4.90 Å². The van der Waals surface area contributed by atoms with Crippen molar-refractivity contribution >= 4 is 12.0 Å². The van der Waals surface area contributed by atoms with E-state index in [-0.39, 0.29) is 5.92 Å². The molecule has 4 nitrogen and oxygen atoms in total. The van der Waals surface area contributed by atoms with Gasteiger partial charge in [-0.1, -0.05) is 12.1 Å². The van der Waals surface area contributed by atoms with Gasteiger partial charge in [-0.25, -0.2) is 0 Å². The molecule has 1 aromatic carbocycles.